The van der Waals surface area contributed by atoms with Gasteiger partial charge in [0.2, 0.25) is 0 Å². The molecule has 1 heterocycles. The highest BCUT2D eigenvalue weighted by atomic mass is 15.2. The molecule has 2 rings (SSSR count). The maximum absolute atomic E-state index is 3.60. The van der Waals surface area contributed by atoms with Gasteiger partial charge < -0.3 is 5.32 Å². The Kier molecular flexibility index (Phi) is 4.41. The van der Waals surface area contributed by atoms with Crippen molar-refractivity contribution in [3.63, 3.8) is 0 Å². The summed E-state index contributed by atoms with van der Waals surface area (Å²) >= 11 is 0. The van der Waals surface area contributed by atoms with E-state index in [1.807, 2.05) is 0 Å². The second kappa shape index (κ2) is 5.85. The largest absolute Gasteiger partial charge is 0.311 e. The smallest absolute Gasteiger partial charge is 0.0247 e. The van der Waals surface area contributed by atoms with Crippen molar-refractivity contribution in [1.29, 1.82) is 0 Å². The lowest BCUT2D eigenvalue weighted by atomic mass is 9.97. The van der Waals surface area contributed by atoms with Crippen molar-refractivity contribution in [2.75, 3.05) is 13.1 Å². The monoisotopic (exact) mass is 246 g/mol. The molecule has 2 heteroatoms. The maximum atomic E-state index is 3.60. The second-order valence-electron chi connectivity index (χ2n) is 5.98. The van der Waals surface area contributed by atoms with Gasteiger partial charge in [-0.05, 0) is 30.9 Å². The van der Waals surface area contributed by atoms with Gasteiger partial charge in [-0.2, -0.15) is 0 Å². The summed E-state index contributed by atoms with van der Waals surface area (Å²) in [7, 11) is 0. The van der Waals surface area contributed by atoms with Gasteiger partial charge in [-0.15, -0.1) is 0 Å². The van der Waals surface area contributed by atoms with E-state index in [4.69, 9.17) is 0 Å². The molecule has 0 radical (unpaired) electrons. The molecule has 1 saturated heterocycles. The van der Waals surface area contributed by atoms with Crippen LogP contribution in [0, 0.1) is 12.8 Å². The second-order valence-corrected chi connectivity index (χ2v) is 5.98. The molecule has 1 aliphatic rings. The molecule has 1 aliphatic heterocycles. The van der Waals surface area contributed by atoms with E-state index in [1.54, 1.807) is 0 Å². The van der Waals surface area contributed by atoms with Gasteiger partial charge in [0, 0.05) is 31.7 Å². The summed E-state index contributed by atoms with van der Waals surface area (Å²) in [5, 5.41) is 3.60. The third-order valence-electron chi connectivity index (χ3n) is 4.06. The number of hydrogen-bond acceptors (Lipinski definition) is 2. The highest BCUT2D eigenvalue weighted by molar-refractivity contribution is 5.25. The van der Waals surface area contributed by atoms with E-state index in [9.17, 15) is 0 Å². The van der Waals surface area contributed by atoms with E-state index in [0.717, 1.165) is 19.6 Å². The average Bonchev–Trinajstić information content (AvgIpc) is 2.32. The molecule has 0 aromatic heterocycles. The van der Waals surface area contributed by atoms with Crippen LogP contribution < -0.4 is 5.32 Å². The molecule has 0 saturated carbocycles. The number of nitrogens with one attached hydrogen (secondary N) is 1. The first kappa shape index (κ1) is 13.6. The van der Waals surface area contributed by atoms with Crippen LogP contribution >= 0.6 is 0 Å². The molecule has 1 aromatic carbocycles. The molecule has 0 bridgehead atoms. The Morgan fingerprint density at radius 3 is 2.72 bits per heavy atom. The lowest BCUT2D eigenvalue weighted by molar-refractivity contribution is 0.0954. The topological polar surface area (TPSA) is 15.3 Å². The van der Waals surface area contributed by atoms with Gasteiger partial charge in [-0.25, -0.2) is 0 Å². The average molecular weight is 246 g/mol. The van der Waals surface area contributed by atoms with Crippen LogP contribution in [0.5, 0.6) is 0 Å². The summed E-state index contributed by atoms with van der Waals surface area (Å²) in [6, 6.07) is 10.0. The van der Waals surface area contributed by atoms with E-state index >= 15 is 0 Å². The van der Waals surface area contributed by atoms with Gasteiger partial charge in [0.15, 0.2) is 0 Å². The zero-order chi connectivity index (χ0) is 13.1. The van der Waals surface area contributed by atoms with Gasteiger partial charge in [0.25, 0.3) is 0 Å². The molecule has 0 amide bonds. The molecule has 18 heavy (non-hydrogen) atoms. The quantitative estimate of drug-likeness (QED) is 0.882. The maximum Gasteiger partial charge on any atom is 0.0247 e. The predicted molar refractivity (Wildman–Crippen MR) is 77.7 cm³/mol. The van der Waals surface area contributed by atoms with E-state index < -0.39 is 0 Å². The molecule has 2 nitrogen and oxygen atoms in total. The van der Waals surface area contributed by atoms with Crippen molar-refractivity contribution >= 4 is 0 Å². The van der Waals surface area contributed by atoms with Crippen molar-refractivity contribution in [3.05, 3.63) is 35.4 Å². The SMILES string of the molecule is Cc1ccccc1CN1CC(C)NCC1C(C)C. The van der Waals surface area contributed by atoms with E-state index in [0.29, 0.717) is 18.0 Å². The predicted octanol–water partition coefficient (Wildman–Crippen LogP) is 2.81. The molecule has 100 valence electrons. The van der Waals surface area contributed by atoms with E-state index in [-0.39, 0.29) is 0 Å². The van der Waals surface area contributed by atoms with Crippen molar-refractivity contribution in [2.45, 2.75) is 46.3 Å². The molecule has 2 atom stereocenters. The normalized spacial score (nSPS) is 25.6. The summed E-state index contributed by atoms with van der Waals surface area (Å²) in [5.74, 6) is 0.703. The van der Waals surface area contributed by atoms with Crippen molar-refractivity contribution in [2.24, 2.45) is 5.92 Å². The fourth-order valence-corrected chi connectivity index (χ4v) is 2.85. The van der Waals surface area contributed by atoms with Crippen LogP contribution in [0.25, 0.3) is 0 Å². The molecule has 1 N–H and O–H groups in total. The van der Waals surface area contributed by atoms with E-state index in [1.165, 1.54) is 11.1 Å². The summed E-state index contributed by atoms with van der Waals surface area (Å²) in [4.78, 5) is 2.65. The van der Waals surface area contributed by atoms with Crippen LogP contribution in [0.1, 0.15) is 31.9 Å². The summed E-state index contributed by atoms with van der Waals surface area (Å²) in [6.07, 6.45) is 0. The lowest BCUT2D eigenvalue weighted by Crippen LogP contribution is -2.56. The molecular weight excluding hydrogens is 220 g/mol. The van der Waals surface area contributed by atoms with Crippen molar-refractivity contribution in [3.8, 4) is 0 Å². The highest BCUT2D eigenvalue weighted by Gasteiger charge is 2.27. The van der Waals surface area contributed by atoms with Gasteiger partial charge in [-0.3, -0.25) is 4.90 Å². The molecule has 0 aliphatic carbocycles. The first-order valence-electron chi connectivity index (χ1n) is 7.10. The Bertz CT molecular complexity index is 386. The van der Waals surface area contributed by atoms with E-state index in [2.05, 4.69) is 62.2 Å². The molecule has 0 spiro atoms. The Labute approximate surface area is 111 Å². The minimum atomic E-state index is 0.601. The Balaban J connectivity index is 2.11. The Morgan fingerprint density at radius 1 is 1.33 bits per heavy atom. The Morgan fingerprint density at radius 2 is 2.06 bits per heavy atom. The minimum absolute atomic E-state index is 0.601. The fourth-order valence-electron chi connectivity index (χ4n) is 2.85. The van der Waals surface area contributed by atoms with Gasteiger partial charge >= 0.3 is 0 Å². The third kappa shape index (κ3) is 3.12. The summed E-state index contributed by atoms with van der Waals surface area (Å²) < 4.78 is 0. The Hall–Kier alpha value is -0.860. The van der Waals surface area contributed by atoms with Crippen LogP contribution in [0.2, 0.25) is 0 Å². The zero-order valence-corrected chi connectivity index (χ0v) is 12.1. The van der Waals surface area contributed by atoms with Crippen LogP contribution in [0.4, 0.5) is 0 Å². The molecular formula is C16H26N2. The van der Waals surface area contributed by atoms with Crippen LogP contribution in [-0.2, 0) is 6.54 Å². The standard InChI is InChI=1S/C16H26N2/c1-12(2)16-9-17-14(4)10-18(16)11-15-8-6-5-7-13(15)3/h5-8,12,14,16-17H,9-11H2,1-4H3. The number of piperazine rings is 1. The van der Waals surface area contributed by atoms with Crippen molar-refractivity contribution < 1.29 is 0 Å². The number of benzene rings is 1. The number of rotatable bonds is 3. The fraction of sp³-hybridized carbons (Fsp3) is 0.625. The van der Waals surface area contributed by atoms with Crippen LogP contribution in [0.3, 0.4) is 0 Å². The first-order valence-corrected chi connectivity index (χ1v) is 7.10. The molecule has 1 aromatic rings. The zero-order valence-electron chi connectivity index (χ0n) is 12.1. The van der Waals surface area contributed by atoms with Crippen molar-refractivity contribution in [1.82, 2.24) is 10.2 Å². The van der Waals surface area contributed by atoms with Crippen LogP contribution in [-0.4, -0.2) is 30.1 Å². The minimum Gasteiger partial charge on any atom is -0.311 e. The molecule has 1 fully saturated rings. The summed E-state index contributed by atoms with van der Waals surface area (Å²) in [6.45, 7) is 12.5. The molecule has 2 unspecified atom stereocenters. The highest BCUT2D eigenvalue weighted by Crippen LogP contribution is 2.19. The van der Waals surface area contributed by atoms with Gasteiger partial charge in [0.1, 0.15) is 0 Å². The number of aryl methyl sites for hydroxylation is 1. The number of hydrogen-bond donors (Lipinski definition) is 1. The third-order valence-corrected chi connectivity index (χ3v) is 4.06. The van der Waals surface area contributed by atoms with Gasteiger partial charge in [-0.1, -0.05) is 38.1 Å². The lowest BCUT2D eigenvalue weighted by Gasteiger charge is -2.41. The summed E-state index contributed by atoms with van der Waals surface area (Å²) in [5.41, 5.74) is 2.88. The first-order chi connectivity index (χ1) is 8.58. The number of nitrogens with zero attached hydrogens (tertiary/aromatic N) is 1. The van der Waals surface area contributed by atoms with Crippen LogP contribution in [0.15, 0.2) is 24.3 Å². The van der Waals surface area contributed by atoms with Gasteiger partial charge in [0.05, 0.1) is 0 Å².